The lowest BCUT2D eigenvalue weighted by Crippen LogP contribution is -2.19. The molecule has 2 aromatic carbocycles. The molecule has 2 aromatic rings. The minimum absolute atomic E-state index is 0.263. The zero-order valence-electron chi connectivity index (χ0n) is 14.9. The fourth-order valence-electron chi connectivity index (χ4n) is 3.14. The maximum absolute atomic E-state index is 12.8. The number of hydrogen-bond donors (Lipinski definition) is 1. The molecule has 3 rings (SSSR count). The number of sulfonamides is 1. The maximum Gasteiger partial charge on any atom is 0.262 e. The van der Waals surface area contributed by atoms with Crippen LogP contribution < -0.4 is 14.4 Å². The highest BCUT2D eigenvalue weighted by Crippen LogP contribution is 2.29. The zero-order valence-corrected chi connectivity index (χ0v) is 15.7. The van der Waals surface area contributed by atoms with Gasteiger partial charge in [-0.1, -0.05) is 6.07 Å². The summed E-state index contributed by atoms with van der Waals surface area (Å²) >= 11 is 0. The van der Waals surface area contributed by atoms with Gasteiger partial charge in [-0.25, -0.2) is 8.42 Å². The van der Waals surface area contributed by atoms with Gasteiger partial charge in [0, 0.05) is 18.8 Å². The van der Waals surface area contributed by atoms with Gasteiger partial charge in [0.25, 0.3) is 10.0 Å². The van der Waals surface area contributed by atoms with Gasteiger partial charge in [0.05, 0.1) is 17.7 Å². The molecule has 1 aliphatic rings. The third kappa shape index (κ3) is 3.74. The molecule has 1 saturated heterocycles. The Balaban J connectivity index is 1.91. The molecule has 0 unspecified atom stereocenters. The molecule has 0 radical (unpaired) electrons. The van der Waals surface area contributed by atoms with Crippen molar-refractivity contribution in [1.29, 1.82) is 0 Å². The first-order valence-electron chi connectivity index (χ1n) is 8.44. The van der Waals surface area contributed by atoms with Crippen LogP contribution in [0.1, 0.15) is 24.0 Å². The second-order valence-corrected chi connectivity index (χ2v) is 8.08. The molecular formula is C19H24N2O3S. The number of nitrogens with one attached hydrogen (secondary N) is 1. The fraction of sp³-hybridized carbons (Fsp3) is 0.368. The van der Waals surface area contributed by atoms with Crippen LogP contribution >= 0.6 is 0 Å². The molecule has 0 aliphatic carbocycles. The van der Waals surface area contributed by atoms with Crippen molar-refractivity contribution in [3.8, 4) is 5.75 Å². The summed E-state index contributed by atoms with van der Waals surface area (Å²) in [6.07, 6.45) is 2.36. The SMILES string of the molecule is COc1ccc(S(=O)(=O)Nc2cc(N3CCCC3)ccc2C)c(C)c1. The predicted octanol–water partition coefficient (Wildman–Crippen LogP) is 3.71. The summed E-state index contributed by atoms with van der Waals surface area (Å²) in [5.41, 5.74) is 3.24. The molecule has 1 fully saturated rings. The Morgan fingerprint density at radius 1 is 1.00 bits per heavy atom. The first-order chi connectivity index (χ1) is 11.9. The van der Waals surface area contributed by atoms with E-state index in [-0.39, 0.29) is 4.90 Å². The fourth-order valence-corrected chi connectivity index (χ4v) is 4.49. The normalized spacial score (nSPS) is 14.6. The van der Waals surface area contributed by atoms with Crippen molar-refractivity contribution in [2.45, 2.75) is 31.6 Å². The van der Waals surface area contributed by atoms with Crippen LogP contribution in [-0.2, 0) is 10.0 Å². The molecule has 5 nitrogen and oxygen atoms in total. The Labute approximate surface area is 149 Å². The highest BCUT2D eigenvalue weighted by Gasteiger charge is 2.20. The second-order valence-electron chi connectivity index (χ2n) is 6.43. The van der Waals surface area contributed by atoms with Gasteiger partial charge >= 0.3 is 0 Å². The van der Waals surface area contributed by atoms with Gasteiger partial charge in [-0.05, 0) is 68.1 Å². The van der Waals surface area contributed by atoms with E-state index >= 15 is 0 Å². The van der Waals surface area contributed by atoms with E-state index in [2.05, 4.69) is 15.7 Å². The molecule has 134 valence electrons. The third-order valence-corrected chi connectivity index (χ3v) is 6.13. The van der Waals surface area contributed by atoms with Crippen LogP contribution in [0.15, 0.2) is 41.3 Å². The van der Waals surface area contributed by atoms with Gasteiger partial charge in [0.1, 0.15) is 5.75 Å². The molecule has 25 heavy (non-hydrogen) atoms. The van der Waals surface area contributed by atoms with E-state index in [0.717, 1.165) is 24.3 Å². The van der Waals surface area contributed by atoms with E-state index in [0.29, 0.717) is 17.0 Å². The highest BCUT2D eigenvalue weighted by molar-refractivity contribution is 7.92. The number of methoxy groups -OCH3 is 1. The standard InChI is InChI=1S/C19H24N2O3S/c1-14-6-7-16(21-10-4-5-11-21)13-18(14)20-25(22,23)19-9-8-17(24-3)12-15(19)2/h6-9,12-13,20H,4-5,10-11H2,1-3H3. The number of ether oxygens (including phenoxy) is 1. The van der Waals surface area contributed by atoms with Crippen LogP contribution in [0.4, 0.5) is 11.4 Å². The lowest BCUT2D eigenvalue weighted by atomic mass is 10.2. The molecule has 0 bridgehead atoms. The quantitative estimate of drug-likeness (QED) is 0.883. The second kappa shape index (κ2) is 6.96. The van der Waals surface area contributed by atoms with E-state index in [1.54, 1.807) is 32.2 Å². The van der Waals surface area contributed by atoms with Gasteiger partial charge in [-0.3, -0.25) is 4.72 Å². The van der Waals surface area contributed by atoms with E-state index in [9.17, 15) is 8.42 Å². The van der Waals surface area contributed by atoms with Crippen molar-refractivity contribution in [2.75, 3.05) is 29.8 Å². The molecule has 6 heteroatoms. The summed E-state index contributed by atoms with van der Waals surface area (Å²) in [6, 6.07) is 10.9. The summed E-state index contributed by atoms with van der Waals surface area (Å²) < 4.78 is 33.6. The van der Waals surface area contributed by atoms with Crippen molar-refractivity contribution in [1.82, 2.24) is 0 Å². The Morgan fingerprint density at radius 2 is 1.72 bits per heavy atom. The minimum Gasteiger partial charge on any atom is -0.497 e. The van der Waals surface area contributed by atoms with Crippen LogP contribution in [0.3, 0.4) is 0 Å². The number of anilines is 2. The summed E-state index contributed by atoms with van der Waals surface area (Å²) in [5, 5.41) is 0. The van der Waals surface area contributed by atoms with Gasteiger partial charge in [0.2, 0.25) is 0 Å². The zero-order chi connectivity index (χ0) is 18.0. The molecule has 1 heterocycles. The van der Waals surface area contributed by atoms with Gasteiger partial charge < -0.3 is 9.64 Å². The molecule has 0 amide bonds. The number of hydrogen-bond acceptors (Lipinski definition) is 4. The van der Waals surface area contributed by atoms with Crippen molar-refractivity contribution in [2.24, 2.45) is 0 Å². The average Bonchev–Trinajstić information content (AvgIpc) is 3.10. The monoisotopic (exact) mass is 360 g/mol. The first kappa shape index (κ1) is 17.6. The first-order valence-corrected chi connectivity index (χ1v) is 9.92. The lowest BCUT2D eigenvalue weighted by molar-refractivity contribution is 0.414. The van der Waals surface area contributed by atoms with Crippen LogP contribution in [0.5, 0.6) is 5.75 Å². The predicted molar refractivity (Wildman–Crippen MR) is 101 cm³/mol. The van der Waals surface area contributed by atoms with Crippen molar-refractivity contribution >= 4 is 21.4 Å². The van der Waals surface area contributed by atoms with Gasteiger partial charge in [-0.2, -0.15) is 0 Å². The minimum atomic E-state index is -3.66. The number of nitrogens with zero attached hydrogens (tertiary/aromatic N) is 1. The smallest absolute Gasteiger partial charge is 0.262 e. The average molecular weight is 360 g/mol. The Bertz CT molecular complexity index is 872. The van der Waals surface area contributed by atoms with Crippen LogP contribution in [0.25, 0.3) is 0 Å². The van der Waals surface area contributed by atoms with Gasteiger partial charge in [0.15, 0.2) is 0 Å². The molecule has 1 N–H and O–H groups in total. The van der Waals surface area contributed by atoms with E-state index in [1.807, 2.05) is 19.1 Å². The Hall–Kier alpha value is -2.21. The molecule has 0 atom stereocenters. The highest BCUT2D eigenvalue weighted by atomic mass is 32.2. The molecule has 1 aliphatic heterocycles. The largest absolute Gasteiger partial charge is 0.497 e. The summed E-state index contributed by atoms with van der Waals surface area (Å²) in [6.45, 7) is 5.72. The molecule has 0 aromatic heterocycles. The summed E-state index contributed by atoms with van der Waals surface area (Å²) in [5.74, 6) is 0.642. The lowest BCUT2D eigenvalue weighted by Gasteiger charge is -2.20. The van der Waals surface area contributed by atoms with Crippen LogP contribution in [0, 0.1) is 13.8 Å². The maximum atomic E-state index is 12.8. The molecule has 0 spiro atoms. The number of aryl methyl sites for hydroxylation is 2. The number of benzene rings is 2. The van der Waals surface area contributed by atoms with Gasteiger partial charge in [-0.15, -0.1) is 0 Å². The topological polar surface area (TPSA) is 58.6 Å². The van der Waals surface area contributed by atoms with Crippen LogP contribution in [0.2, 0.25) is 0 Å². The van der Waals surface area contributed by atoms with E-state index in [1.165, 1.54) is 12.8 Å². The van der Waals surface area contributed by atoms with E-state index < -0.39 is 10.0 Å². The molecule has 0 saturated carbocycles. The Morgan fingerprint density at radius 3 is 2.36 bits per heavy atom. The summed E-state index contributed by atoms with van der Waals surface area (Å²) in [4.78, 5) is 2.55. The van der Waals surface area contributed by atoms with Crippen LogP contribution in [-0.4, -0.2) is 28.6 Å². The van der Waals surface area contributed by atoms with E-state index in [4.69, 9.17) is 4.74 Å². The Kier molecular flexibility index (Phi) is 4.90. The van der Waals surface area contributed by atoms with Crippen molar-refractivity contribution < 1.29 is 13.2 Å². The van der Waals surface area contributed by atoms with Crippen molar-refractivity contribution in [3.05, 3.63) is 47.5 Å². The summed E-state index contributed by atoms with van der Waals surface area (Å²) in [7, 11) is -2.09. The van der Waals surface area contributed by atoms with Crippen molar-refractivity contribution in [3.63, 3.8) is 0 Å². The molecular weight excluding hydrogens is 336 g/mol. The number of rotatable bonds is 5. The third-order valence-electron chi connectivity index (χ3n) is 4.61.